The van der Waals surface area contributed by atoms with Crippen molar-refractivity contribution >= 4 is 5.97 Å². The van der Waals surface area contributed by atoms with Crippen LogP contribution >= 0.6 is 0 Å². The second kappa shape index (κ2) is 3.90. The van der Waals surface area contributed by atoms with Gasteiger partial charge in [-0.2, -0.15) is 5.10 Å². The maximum atomic E-state index is 10.4. The van der Waals surface area contributed by atoms with Gasteiger partial charge in [0.2, 0.25) is 0 Å². The maximum Gasteiger partial charge on any atom is 0.305 e. The van der Waals surface area contributed by atoms with Crippen molar-refractivity contribution in [1.29, 1.82) is 0 Å². The molecule has 0 aliphatic carbocycles. The fourth-order valence-electron chi connectivity index (χ4n) is 1.12. The van der Waals surface area contributed by atoms with E-state index in [0.29, 0.717) is 0 Å². The zero-order valence-electron chi connectivity index (χ0n) is 6.97. The second-order valence-corrected chi connectivity index (χ2v) is 2.65. The van der Waals surface area contributed by atoms with E-state index in [0.717, 1.165) is 6.42 Å². The first kappa shape index (κ1) is 8.77. The number of nitrogens with zero attached hydrogens (tertiary/aromatic N) is 2. The maximum absolute atomic E-state index is 10.4. The Bertz CT molecular complexity index is 244. The van der Waals surface area contributed by atoms with Crippen molar-refractivity contribution in [2.75, 3.05) is 0 Å². The fourth-order valence-corrected chi connectivity index (χ4v) is 1.12. The van der Waals surface area contributed by atoms with Gasteiger partial charge in [-0.3, -0.25) is 9.48 Å². The van der Waals surface area contributed by atoms with Gasteiger partial charge in [0.15, 0.2) is 0 Å². The molecule has 1 heterocycles. The number of hydrogen-bond donors (Lipinski definition) is 1. The molecule has 1 aromatic rings. The van der Waals surface area contributed by atoms with Crippen LogP contribution in [0.2, 0.25) is 0 Å². The van der Waals surface area contributed by atoms with Crippen LogP contribution in [0.4, 0.5) is 0 Å². The Kier molecular flexibility index (Phi) is 2.85. The monoisotopic (exact) mass is 168 g/mol. The van der Waals surface area contributed by atoms with Crippen molar-refractivity contribution in [3.63, 3.8) is 0 Å². The van der Waals surface area contributed by atoms with Crippen molar-refractivity contribution in [2.45, 2.75) is 25.8 Å². The number of aliphatic carboxylic acids is 1. The van der Waals surface area contributed by atoms with Gasteiger partial charge in [0.25, 0.3) is 0 Å². The summed E-state index contributed by atoms with van der Waals surface area (Å²) < 4.78 is 1.69. The summed E-state index contributed by atoms with van der Waals surface area (Å²) in [6.45, 7) is 1.95. The van der Waals surface area contributed by atoms with Gasteiger partial charge in [0, 0.05) is 12.4 Å². The second-order valence-electron chi connectivity index (χ2n) is 2.65. The first-order chi connectivity index (χ1) is 5.74. The molecule has 0 fully saturated rings. The van der Waals surface area contributed by atoms with Gasteiger partial charge in [-0.15, -0.1) is 0 Å². The first-order valence-electron chi connectivity index (χ1n) is 3.95. The van der Waals surface area contributed by atoms with Crippen LogP contribution in [0.1, 0.15) is 25.8 Å². The highest BCUT2D eigenvalue weighted by atomic mass is 16.4. The van der Waals surface area contributed by atoms with Crippen molar-refractivity contribution < 1.29 is 9.90 Å². The molecule has 0 aromatic carbocycles. The summed E-state index contributed by atoms with van der Waals surface area (Å²) in [5.41, 5.74) is 0. The molecule has 4 heteroatoms. The molecule has 4 nitrogen and oxygen atoms in total. The average Bonchev–Trinajstić information content (AvgIpc) is 2.51. The van der Waals surface area contributed by atoms with Gasteiger partial charge in [-0.1, -0.05) is 6.92 Å². The predicted molar refractivity (Wildman–Crippen MR) is 43.8 cm³/mol. The number of aromatic nitrogens is 2. The molecule has 0 saturated heterocycles. The average molecular weight is 168 g/mol. The predicted octanol–water partition coefficient (Wildman–Crippen LogP) is 1.31. The fraction of sp³-hybridized carbons (Fsp3) is 0.500. The van der Waals surface area contributed by atoms with Crippen molar-refractivity contribution in [3.05, 3.63) is 18.5 Å². The molecule has 1 atom stereocenters. The van der Waals surface area contributed by atoms with Crippen LogP contribution in [-0.2, 0) is 4.79 Å². The zero-order valence-corrected chi connectivity index (χ0v) is 6.97. The smallest absolute Gasteiger partial charge is 0.305 e. The van der Waals surface area contributed by atoms with E-state index in [1.54, 1.807) is 23.1 Å². The zero-order chi connectivity index (χ0) is 8.97. The molecule has 0 amide bonds. The summed E-state index contributed by atoms with van der Waals surface area (Å²) in [6.07, 6.45) is 4.37. The minimum Gasteiger partial charge on any atom is -0.481 e. The molecule has 0 aliphatic heterocycles. The van der Waals surface area contributed by atoms with Crippen molar-refractivity contribution in [3.8, 4) is 0 Å². The van der Waals surface area contributed by atoms with E-state index in [1.807, 2.05) is 6.92 Å². The van der Waals surface area contributed by atoms with E-state index in [9.17, 15) is 4.79 Å². The standard InChI is InChI=1S/C8H12N2O2/c1-2-7(6-8(11)12)10-5-3-4-9-10/h3-5,7H,2,6H2,1H3,(H,11,12). The minimum absolute atomic E-state index is 0.0162. The number of carboxylic acid groups (broad SMARTS) is 1. The lowest BCUT2D eigenvalue weighted by Gasteiger charge is -2.12. The molecule has 1 rings (SSSR count). The van der Waals surface area contributed by atoms with E-state index in [2.05, 4.69) is 5.10 Å². The summed E-state index contributed by atoms with van der Waals surface area (Å²) in [7, 11) is 0. The molecule has 1 aromatic heterocycles. The number of carbonyl (C=O) groups is 1. The summed E-state index contributed by atoms with van der Waals surface area (Å²) in [4.78, 5) is 10.4. The topological polar surface area (TPSA) is 55.1 Å². The van der Waals surface area contributed by atoms with Crippen LogP contribution in [-0.4, -0.2) is 20.9 Å². The van der Waals surface area contributed by atoms with Gasteiger partial charge in [-0.05, 0) is 12.5 Å². The summed E-state index contributed by atoms with van der Waals surface area (Å²) in [5.74, 6) is -0.780. The van der Waals surface area contributed by atoms with Crippen LogP contribution < -0.4 is 0 Å². The SMILES string of the molecule is CCC(CC(=O)O)n1cccn1. The minimum atomic E-state index is -0.780. The lowest BCUT2D eigenvalue weighted by atomic mass is 10.1. The molecule has 0 spiro atoms. The van der Waals surface area contributed by atoms with Gasteiger partial charge in [0.05, 0.1) is 12.5 Å². The molecule has 0 bridgehead atoms. The Labute approximate surface area is 70.8 Å². The first-order valence-corrected chi connectivity index (χ1v) is 3.95. The van der Waals surface area contributed by atoms with Crippen LogP contribution in [0.5, 0.6) is 0 Å². The third kappa shape index (κ3) is 2.08. The highest BCUT2D eigenvalue weighted by Crippen LogP contribution is 2.13. The van der Waals surface area contributed by atoms with E-state index >= 15 is 0 Å². The molecule has 0 aliphatic rings. The van der Waals surface area contributed by atoms with E-state index < -0.39 is 5.97 Å². The third-order valence-corrected chi connectivity index (χ3v) is 1.78. The molecule has 66 valence electrons. The highest BCUT2D eigenvalue weighted by molar-refractivity contribution is 5.67. The van der Waals surface area contributed by atoms with Crippen LogP contribution in [0, 0.1) is 0 Å². The Morgan fingerprint density at radius 2 is 2.50 bits per heavy atom. The Hall–Kier alpha value is -1.32. The Morgan fingerprint density at radius 3 is 2.92 bits per heavy atom. The van der Waals surface area contributed by atoms with E-state index in [1.165, 1.54) is 0 Å². The van der Waals surface area contributed by atoms with E-state index in [4.69, 9.17) is 5.11 Å². The Morgan fingerprint density at radius 1 is 1.75 bits per heavy atom. The van der Waals surface area contributed by atoms with Crippen LogP contribution in [0.15, 0.2) is 18.5 Å². The highest BCUT2D eigenvalue weighted by Gasteiger charge is 2.12. The van der Waals surface area contributed by atoms with Gasteiger partial charge in [-0.25, -0.2) is 0 Å². The largest absolute Gasteiger partial charge is 0.481 e. The van der Waals surface area contributed by atoms with Gasteiger partial charge >= 0.3 is 5.97 Å². The lowest BCUT2D eigenvalue weighted by Crippen LogP contribution is -2.13. The molecule has 12 heavy (non-hydrogen) atoms. The van der Waals surface area contributed by atoms with Gasteiger partial charge < -0.3 is 5.11 Å². The Balaban J connectivity index is 2.63. The molecule has 0 saturated carbocycles. The van der Waals surface area contributed by atoms with Crippen molar-refractivity contribution in [1.82, 2.24) is 9.78 Å². The summed E-state index contributed by atoms with van der Waals surface area (Å²) in [5, 5.41) is 12.6. The number of carboxylic acids is 1. The normalized spacial score (nSPS) is 12.8. The van der Waals surface area contributed by atoms with Gasteiger partial charge in [0.1, 0.15) is 0 Å². The quantitative estimate of drug-likeness (QED) is 0.737. The van der Waals surface area contributed by atoms with Crippen molar-refractivity contribution in [2.24, 2.45) is 0 Å². The molecule has 0 radical (unpaired) electrons. The third-order valence-electron chi connectivity index (χ3n) is 1.78. The lowest BCUT2D eigenvalue weighted by molar-refractivity contribution is -0.138. The summed E-state index contributed by atoms with van der Waals surface area (Å²) >= 11 is 0. The summed E-state index contributed by atoms with van der Waals surface area (Å²) in [6, 6.07) is 1.78. The molecular formula is C8H12N2O2. The van der Waals surface area contributed by atoms with Crippen LogP contribution in [0.3, 0.4) is 0 Å². The molecule has 1 N–H and O–H groups in total. The number of rotatable bonds is 4. The number of hydrogen-bond acceptors (Lipinski definition) is 2. The van der Waals surface area contributed by atoms with Crippen LogP contribution in [0.25, 0.3) is 0 Å². The molecular weight excluding hydrogens is 156 g/mol. The van der Waals surface area contributed by atoms with E-state index in [-0.39, 0.29) is 12.5 Å². The molecule has 1 unspecified atom stereocenters.